The quantitative estimate of drug-likeness (QED) is 0.210. The van der Waals surface area contributed by atoms with Crippen LogP contribution < -0.4 is 4.90 Å². The third kappa shape index (κ3) is 3.93. The van der Waals surface area contributed by atoms with Crippen molar-refractivity contribution < 1.29 is 4.42 Å². The lowest BCUT2D eigenvalue weighted by atomic mass is 10.0. The number of furan rings is 1. The molecule has 3 heteroatoms. The van der Waals surface area contributed by atoms with Crippen LogP contribution in [0, 0.1) is 0 Å². The van der Waals surface area contributed by atoms with Crippen LogP contribution in [0.4, 0.5) is 17.1 Å². The summed E-state index contributed by atoms with van der Waals surface area (Å²) in [6.07, 6.45) is 0. The average Bonchev–Trinajstić information content (AvgIpc) is 3.62. The second-order valence-electron chi connectivity index (χ2n) is 11.0. The van der Waals surface area contributed by atoms with Crippen molar-refractivity contribution in [2.24, 2.45) is 0 Å². The van der Waals surface area contributed by atoms with Gasteiger partial charge in [0.1, 0.15) is 11.2 Å². The molecule has 9 aromatic rings. The van der Waals surface area contributed by atoms with E-state index >= 15 is 0 Å². The summed E-state index contributed by atoms with van der Waals surface area (Å²) in [5.41, 5.74) is 7.58. The molecule has 2 heterocycles. The van der Waals surface area contributed by atoms with Crippen LogP contribution in [0.1, 0.15) is 0 Å². The van der Waals surface area contributed by atoms with Gasteiger partial charge in [0.2, 0.25) is 0 Å². The maximum Gasteiger partial charge on any atom is 0.136 e. The molecule has 0 aliphatic carbocycles. The van der Waals surface area contributed by atoms with Gasteiger partial charge in [-0.05, 0) is 70.9 Å². The van der Waals surface area contributed by atoms with Gasteiger partial charge in [-0.2, -0.15) is 0 Å². The van der Waals surface area contributed by atoms with Crippen molar-refractivity contribution in [2.45, 2.75) is 0 Å². The van der Waals surface area contributed by atoms with Crippen LogP contribution >= 0.6 is 11.3 Å². The Hall–Kier alpha value is -5.38. The van der Waals surface area contributed by atoms with E-state index in [1.165, 1.54) is 36.7 Å². The van der Waals surface area contributed by atoms with Crippen molar-refractivity contribution in [2.75, 3.05) is 4.90 Å². The summed E-state index contributed by atoms with van der Waals surface area (Å²) in [7, 11) is 0. The fraction of sp³-hybridized carbons (Fsp3) is 0. The number of hydrogen-bond acceptors (Lipinski definition) is 3. The number of fused-ring (bicyclic) bond motifs is 7. The first-order valence-corrected chi connectivity index (χ1v) is 15.3. The molecule has 0 aliphatic heterocycles. The van der Waals surface area contributed by atoms with E-state index in [4.69, 9.17) is 4.42 Å². The van der Waals surface area contributed by atoms with Gasteiger partial charge in [-0.15, -0.1) is 11.3 Å². The highest BCUT2D eigenvalue weighted by atomic mass is 32.1. The number of anilines is 3. The lowest BCUT2D eigenvalue weighted by molar-refractivity contribution is 0.669. The van der Waals surface area contributed by atoms with Crippen molar-refractivity contribution in [3.63, 3.8) is 0 Å². The zero-order chi connectivity index (χ0) is 28.3. The van der Waals surface area contributed by atoms with Crippen molar-refractivity contribution >= 4 is 81.3 Å². The van der Waals surface area contributed by atoms with Gasteiger partial charge in [-0.25, -0.2) is 0 Å². The Labute approximate surface area is 252 Å². The Morgan fingerprint density at radius 1 is 0.442 bits per heavy atom. The Morgan fingerprint density at radius 3 is 2.09 bits per heavy atom. The molecular formula is C40H25NOS. The Morgan fingerprint density at radius 2 is 1.16 bits per heavy atom. The summed E-state index contributed by atoms with van der Waals surface area (Å²) in [5, 5.41) is 7.25. The Kier molecular flexibility index (Phi) is 5.40. The molecule has 9 rings (SSSR count). The molecule has 0 saturated carbocycles. The topological polar surface area (TPSA) is 16.4 Å². The summed E-state index contributed by atoms with van der Waals surface area (Å²) in [4.78, 5) is 2.40. The van der Waals surface area contributed by atoms with Crippen molar-refractivity contribution in [3.05, 3.63) is 152 Å². The highest BCUT2D eigenvalue weighted by molar-refractivity contribution is 7.25. The second kappa shape index (κ2) is 9.59. The predicted octanol–water partition coefficient (Wildman–Crippen LogP) is 12.2. The molecule has 0 fully saturated rings. The first-order valence-electron chi connectivity index (χ1n) is 14.5. The Balaban J connectivity index is 1.28. The minimum Gasteiger partial charge on any atom is -0.456 e. The molecule has 0 atom stereocenters. The third-order valence-corrected chi connectivity index (χ3v) is 9.56. The van der Waals surface area contributed by atoms with Crippen LogP contribution in [0.2, 0.25) is 0 Å². The molecular weight excluding hydrogens is 543 g/mol. The number of thiophene rings is 1. The van der Waals surface area contributed by atoms with Gasteiger partial charge in [0, 0.05) is 47.9 Å². The molecule has 0 spiro atoms. The first kappa shape index (κ1) is 24.2. The number of para-hydroxylation sites is 2. The fourth-order valence-electron chi connectivity index (χ4n) is 6.41. The molecule has 0 bridgehead atoms. The summed E-state index contributed by atoms with van der Waals surface area (Å²) in [6, 6.07) is 54.4. The molecule has 202 valence electrons. The summed E-state index contributed by atoms with van der Waals surface area (Å²) in [5.74, 6) is 0. The van der Waals surface area contributed by atoms with Gasteiger partial charge in [0.25, 0.3) is 0 Å². The maximum atomic E-state index is 6.27. The monoisotopic (exact) mass is 567 g/mol. The highest BCUT2D eigenvalue weighted by Gasteiger charge is 2.19. The van der Waals surface area contributed by atoms with Crippen LogP contribution in [-0.4, -0.2) is 0 Å². The van der Waals surface area contributed by atoms with E-state index in [0.717, 1.165) is 44.4 Å². The molecule has 7 aromatic carbocycles. The zero-order valence-electron chi connectivity index (χ0n) is 23.2. The smallest absolute Gasteiger partial charge is 0.136 e. The second-order valence-corrected chi connectivity index (χ2v) is 12.1. The SMILES string of the molecule is c1ccc(-c2ccccc2N(c2ccc3cc4c(cc3c2)oc2ccccc24)c2ccc3c(c2)sc2ccccc23)cc1. The van der Waals surface area contributed by atoms with E-state index in [1.54, 1.807) is 0 Å². The third-order valence-electron chi connectivity index (χ3n) is 8.43. The molecule has 0 radical (unpaired) electrons. The largest absolute Gasteiger partial charge is 0.456 e. The first-order chi connectivity index (χ1) is 21.3. The standard InChI is InChI=1S/C40H25NOS/c1-2-10-26(11-3-1)31-12-4-7-15-36(31)41(30-20-21-34-33-14-6-9-17-39(33)43-40(34)25-30)29-19-18-27-23-35-32-13-5-8-16-37(32)42-38(35)24-28(27)22-29/h1-25H. The van der Waals surface area contributed by atoms with Crippen LogP contribution in [0.3, 0.4) is 0 Å². The van der Waals surface area contributed by atoms with Crippen molar-refractivity contribution in [1.29, 1.82) is 0 Å². The fourth-order valence-corrected chi connectivity index (χ4v) is 7.55. The van der Waals surface area contributed by atoms with E-state index in [0.29, 0.717) is 0 Å². The lowest BCUT2D eigenvalue weighted by Crippen LogP contribution is -2.11. The molecule has 0 unspecified atom stereocenters. The van der Waals surface area contributed by atoms with E-state index in [-0.39, 0.29) is 0 Å². The predicted molar refractivity (Wildman–Crippen MR) is 184 cm³/mol. The summed E-state index contributed by atoms with van der Waals surface area (Å²) >= 11 is 1.85. The van der Waals surface area contributed by atoms with Crippen LogP contribution in [0.15, 0.2) is 156 Å². The van der Waals surface area contributed by atoms with E-state index in [9.17, 15) is 0 Å². The highest BCUT2D eigenvalue weighted by Crippen LogP contribution is 2.44. The molecule has 0 saturated heterocycles. The molecule has 2 aromatic heterocycles. The molecule has 0 aliphatic rings. The number of rotatable bonds is 4. The Bertz CT molecular complexity index is 2470. The van der Waals surface area contributed by atoms with E-state index in [2.05, 4.69) is 144 Å². The molecule has 0 amide bonds. The van der Waals surface area contributed by atoms with Crippen molar-refractivity contribution in [3.8, 4) is 11.1 Å². The van der Waals surface area contributed by atoms with Gasteiger partial charge < -0.3 is 9.32 Å². The molecule has 0 N–H and O–H groups in total. The summed E-state index contributed by atoms with van der Waals surface area (Å²) in [6.45, 7) is 0. The zero-order valence-corrected chi connectivity index (χ0v) is 24.0. The number of hydrogen-bond donors (Lipinski definition) is 0. The van der Waals surface area contributed by atoms with Crippen LogP contribution in [-0.2, 0) is 0 Å². The van der Waals surface area contributed by atoms with Crippen molar-refractivity contribution in [1.82, 2.24) is 0 Å². The van der Waals surface area contributed by atoms with Gasteiger partial charge in [0.15, 0.2) is 0 Å². The van der Waals surface area contributed by atoms with Crippen LogP contribution in [0.5, 0.6) is 0 Å². The number of nitrogens with zero attached hydrogens (tertiary/aromatic N) is 1. The number of benzene rings is 7. The molecule has 2 nitrogen and oxygen atoms in total. The molecule has 43 heavy (non-hydrogen) atoms. The van der Waals surface area contributed by atoms with Gasteiger partial charge in [-0.1, -0.05) is 97.1 Å². The van der Waals surface area contributed by atoms with Gasteiger partial charge >= 0.3 is 0 Å². The lowest BCUT2D eigenvalue weighted by Gasteiger charge is -2.28. The summed E-state index contributed by atoms with van der Waals surface area (Å²) < 4.78 is 8.87. The average molecular weight is 568 g/mol. The normalized spacial score (nSPS) is 11.7. The van der Waals surface area contributed by atoms with Gasteiger partial charge in [0.05, 0.1) is 5.69 Å². The van der Waals surface area contributed by atoms with E-state index in [1.807, 2.05) is 23.5 Å². The van der Waals surface area contributed by atoms with Crippen LogP contribution in [0.25, 0.3) is 64.0 Å². The minimum atomic E-state index is 0.911. The van der Waals surface area contributed by atoms with E-state index < -0.39 is 0 Å². The minimum absolute atomic E-state index is 0.911. The van der Waals surface area contributed by atoms with Gasteiger partial charge in [-0.3, -0.25) is 0 Å². The maximum absolute atomic E-state index is 6.27.